The SMILES string of the molecule is Nc1ccccc1OCCS(=O)(=O)NCc1cscn1. The monoisotopic (exact) mass is 313 g/mol. The van der Waals surface area contributed by atoms with Crippen LogP contribution < -0.4 is 15.2 Å². The van der Waals surface area contributed by atoms with E-state index in [1.807, 2.05) is 0 Å². The zero-order valence-electron chi connectivity index (χ0n) is 10.7. The topological polar surface area (TPSA) is 94.3 Å². The average Bonchev–Trinajstić information content (AvgIpc) is 2.92. The molecular weight excluding hydrogens is 298 g/mol. The van der Waals surface area contributed by atoms with Gasteiger partial charge in [-0.05, 0) is 12.1 Å². The first-order chi connectivity index (χ1) is 9.57. The fraction of sp³-hybridized carbons (Fsp3) is 0.250. The molecule has 8 heteroatoms. The molecule has 2 aromatic rings. The van der Waals surface area contributed by atoms with Crippen LogP contribution in [0.2, 0.25) is 0 Å². The van der Waals surface area contributed by atoms with Crippen LogP contribution in [0.5, 0.6) is 5.75 Å². The first kappa shape index (κ1) is 14.8. The van der Waals surface area contributed by atoms with Crippen molar-refractivity contribution in [2.24, 2.45) is 0 Å². The van der Waals surface area contributed by atoms with Crippen molar-refractivity contribution in [3.63, 3.8) is 0 Å². The second kappa shape index (κ2) is 6.69. The minimum atomic E-state index is -3.39. The molecular formula is C12H15N3O3S2. The van der Waals surface area contributed by atoms with Crippen LogP contribution in [0, 0.1) is 0 Å². The number of para-hydroxylation sites is 2. The van der Waals surface area contributed by atoms with E-state index >= 15 is 0 Å². The lowest BCUT2D eigenvalue weighted by Gasteiger charge is -2.09. The Bertz CT molecular complexity index is 642. The molecule has 0 amide bonds. The van der Waals surface area contributed by atoms with Crippen LogP contribution in [0.15, 0.2) is 35.2 Å². The summed E-state index contributed by atoms with van der Waals surface area (Å²) < 4.78 is 31.3. The lowest BCUT2D eigenvalue weighted by atomic mass is 10.3. The predicted octanol–water partition coefficient (Wildman–Crippen LogP) is 1.22. The van der Waals surface area contributed by atoms with Crippen LogP contribution >= 0.6 is 11.3 Å². The van der Waals surface area contributed by atoms with Crippen LogP contribution in [-0.2, 0) is 16.6 Å². The Labute approximate surface area is 121 Å². The average molecular weight is 313 g/mol. The van der Waals surface area contributed by atoms with Gasteiger partial charge in [-0.15, -0.1) is 11.3 Å². The van der Waals surface area contributed by atoms with Crippen molar-refractivity contribution in [2.45, 2.75) is 6.54 Å². The van der Waals surface area contributed by atoms with Gasteiger partial charge in [-0.3, -0.25) is 0 Å². The van der Waals surface area contributed by atoms with Crippen molar-refractivity contribution in [1.82, 2.24) is 9.71 Å². The zero-order chi connectivity index (χ0) is 14.4. The van der Waals surface area contributed by atoms with E-state index < -0.39 is 10.0 Å². The first-order valence-electron chi connectivity index (χ1n) is 5.88. The number of nitrogens with one attached hydrogen (secondary N) is 1. The van der Waals surface area contributed by atoms with Gasteiger partial charge >= 0.3 is 0 Å². The maximum Gasteiger partial charge on any atom is 0.215 e. The van der Waals surface area contributed by atoms with E-state index in [0.717, 1.165) is 0 Å². The molecule has 0 atom stereocenters. The Hall–Kier alpha value is -1.64. The predicted molar refractivity (Wildman–Crippen MR) is 79.1 cm³/mol. The van der Waals surface area contributed by atoms with E-state index in [4.69, 9.17) is 10.5 Å². The molecule has 0 saturated carbocycles. The molecule has 0 aliphatic rings. The quantitative estimate of drug-likeness (QED) is 0.750. The second-order valence-electron chi connectivity index (χ2n) is 4.01. The van der Waals surface area contributed by atoms with Crippen LogP contribution in [0.1, 0.15) is 5.69 Å². The maximum atomic E-state index is 11.8. The molecule has 0 radical (unpaired) electrons. The molecule has 0 aliphatic carbocycles. The summed E-state index contributed by atoms with van der Waals surface area (Å²) in [6.45, 7) is 0.236. The van der Waals surface area contributed by atoms with Crippen LogP contribution in [0.25, 0.3) is 0 Å². The van der Waals surface area contributed by atoms with E-state index in [9.17, 15) is 8.42 Å². The summed E-state index contributed by atoms with van der Waals surface area (Å²) in [4.78, 5) is 4.00. The summed E-state index contributed by atoms with van der Waals surface area (Å²) >= 11 is 1.42. The molecule has 108 valence electrons. The lowest BCUT2D eigenvalue weighted by molar-refractivity contribution is 0.342. The van der Waals surface area contributed by atoms with Gasteiger partial charge in [-0.25, -0.2) is 18.1 Å². The molecule has 1 aromatic heterocycles. The highest BCUT2D eigenvalue weighted by atomic mass is 32.2. The summed E-state index contributed by atoms with van der Waals surface area (Å²) in [7, 11) is -3.39. The zero-order valence-corrected chi connectivity index (χ0v) is 12.3. The number of hydrogen-bond acceptors (Lipinski definition) is 6. The van der Waals surface area contributed by atoms with Gasteiger partial charge in [0.05, 0.1) is 29.2 Å². The number of hydrogen-bond donors (Lipinski definition) is 2. The van der Waals surface area contributed by atoms with E-state index in [-0.39, 0.29) is 18.9 Å². The van der Waals surface area contributed by atoms with E-state index in [0.29, 0.717) is 17.1 Å². The molecule has 2 rings (SSSR count). The van der Waals surface area contributed by atoms with Gasteiger partial charge < -0.3 is 10.5 Å². The van der Waals surface area contributed by atoms with E-state index in [1.165, 1.54) is 11.3 Å². The molecule has 0 unspecified atom stereocenters. The number of nitrogens with zero attached hydrogens (tertiary/aromatic N) is 1. The Balaban J connectivity index is 1.79. The minimum Gasteiger partial charge on any atom is -0.490 e. The molecule has 1 aromatic carbocycles. The highest BCUT2D eigenvalue weighted by Crippen LogP contribution is 2.19. The summed E-state index contributed by atoms with van der Waals surface area (Å²) in [5.74, 6) is 0.355. The van der Waals surface area contributed by atoms with Crippen molar-refractivity contribution in [1.29, 1.82) is 0 Å². The van der Waals surface area contributed by atoms with Gasteiger partial charge in [0.2, 0.25) is 10.0 Å². The molecule has 0 bridgehead atoms. The largest absolute Gasteiger partial charge is 0.490 e. The number of nitrogens with two attached hydrogens (primary N) is 1. The van der Waals surface area contributed by atoms with Crippen molar-refractivity contribution in [3.8, 4) is 5.75 Å². The summed E-state index contributed by atoms with van der Waals surface area (Å²) in [5.41, 5.74) is 8.54. The van der Waals surface area contributed by atoms with Crippen molar-refractivity contribution in [3.05, 3.63) is 40.8 Å². The molecule has 0 fully saturated rings. The minimum absolute atomic E-state index is 0.0423. The fourth-order valence-corrected chi connectivity index (χ4v) is 2.83. The van der Waals surface area contributed by atoms with Gasteiger partial charge in [0.25, 0.3) is 0 Å². The molecule has 6 nitrogen and oxygen atoms in total. The van der Waals surface area contributed by atoms with E-state index in [2.05, 4.69) is 9.71 Å². The van der Waals surface area contributed by atoms with Crippen molar-refractivity contribution < 1.29 is 13.2 Å². The van der Waals surface area contributed by atoms with Gasteiger partial charge in [-0.1, -0.05) is 12.1 Å². The molecule has 3 N–H and O–H groups in total. The Kier molecular flexibility index (Phi) is 4.94. The molecule has 0 aliphatic heterocycles. The number of aromatic nitrogens is 1. The van der Waals surface area contributed by atoms with E-state index in [1.54, 1.807) is 35.2 Å². The number of nitrogen functional groups attached to an aromatic ring is 1. The number of ether oxygens (including phenoxy) is 1. The smallest absolute Gasteiger partial charge is 0.215 e. The summed E-state index contributed by atoms with van der Waals surface area (Å²) in [6.07, 6.45) is 0. The third kappa shape index (κ3) is 4.48. The highest BCUT2D eigenvalue weighted by molar-refractivity contribution is 7.89. The Morgan fingerprint density at radius 1 is 1.35 bits per heavy atom. The first-order valence-corrected chi connectivity index (χ1v) is 8.48. The van der Waals surface area contributed by atoms with Crippen LogP contribution in [-0.4, -0.2) is 25.8 Å². The number of benzene rings is 1. The van der Waals surface area contributed by atoms with Gasteiger partial charge in [-0.2, -0.15) is 0 Å². The van der Waals surface area contributed by atoms with Gasteiger partial charge in [0, 0.05) is 5.38 Å². The van der Waals surface area contributed by atoms with Crippen LogP contribution in [0.3, 0.4) is 0 Å². The molecule has 0 saturated heterocycles. The summed E-state index contributed by atoms with van der Waals surface area (Å²) in [6, 6.07) is 6.96. The van der Waals surface area contributed by atoms with Gasteiger partial charge in [0.1, 0.15) is 12.4 Å². The standard InChI is InChI=1S/C12H15N3O3S2/c13-11-3-1-2-4-12(11)18-5-6-20(16,17)15-7-10-8-19-9-14-10/h1-4,8-9,15H,5-7,13H2. The number of thiazole rings is 1. The lowest BCUT2D eigenvalue weighted by Crippen LogP contribution is -2.28. The summed E-state index contributed by atoms with van der Waals surface area (Å²) in [5, 5.41) is 1.80. The second-order valence-corrected chi connectivity index (χ2v) is 6.65. The van der Waals surface area contributed by atoms with Crippen LogP contribution in [0.4, 0.5) is 5.69 Å². The fourth-order valence-electron chi connectivity index (χ4n) is 1.45. The Morgan fingerprint density at radius 2 is 2.15 bits per heavy atom. The normalized spacial score (nSPS) is 11.4. The molecule has 0 spiro atoms. The van der Waals surface area contributed by atoms with Gasteiger partial charge in [0.15, 0.2) is 0 Å². The van der Waals surface area contributed by atoms with Crippen molar-refractivity contribution in [2.75, 3.05) is 18.1 Å². The number of rotatable bonds is 7. The Morgan fingerprint density at radius 3 is 2.85 bits per heavy atom. The highest BCUT2D eigenvalue weighted by Gasteiger charge is 2.11. The molecule has 1 heterocycles. The number of anilines is 1. The third-order valence-electron chi connectivity index (χ3n) is 2.49. The third-order valence-corrected chi connectivity index (χ3v) is 4.41. The molecule has 20 heavy (non-hydrogen) atoms. The number of sulfonamides is 1. The van der Waals surface area contributed by atoms with Crippen molar-refractivity contribution >= 4 is 27.0 Å². The maximum absolute atomic E-state index is 11.8.